The van der Waals surface area contributed by atoms with Crippen LogP contribution in [0.5, 0.6) is 0 Å². The van der Waals surface area contributed by atoms with E-state index < -0.39 is 0 Å². The molecule has 1 N–H and O–H groups in total. The number of carbonyl (C=O) groups is 1. The van der Waals surface area contributed by atoms with Crippen molar-refractivity contribution in [3.05, 3.63) is 0 Å². The molecule has 1 saturated carbocycles. The van der Waals surface area contributed by atoms with Crippen molar-refractivity contribution >= 4 is 5.91 Å². The Morgan fingerprint density at radius 2 is 2.08 bits per heavy atom. The predicted octanol–water partition coefficient (Wildman–Crippen LogP) is 0.463. The third-order valence-corrected chi connectivity index (χ3v) is 2.51. The number of nitrogens with one attached hydrogen (secondary N) is 1. The molecule has 0 aromatic heterocycles. The van der Waals surface area contributed by atoms with Crippen LogP contribution in [0, 0.1) is 5.41 Å². The summed E-state index contributed by atoms with van der Waals surface area (Å²) in [4.78, 5) is 12.8. The number of likely N-dealkylation sites (N-methyl/N-ethyl adjacent to an activating group) is 1. The summed E-state index contributed by atoms with van der Waals surface area (Å²) in [6.45, 7) is 4.90. The van der Waals surface area contributed by atoms with Crippen molar-refractivity contribution in [3.8, 4) is 0 Å². The number of amides is 1. The fourth-order valence-electron chi connectivity index (χ4n) is 1.18. The van der Waals surface area contributed by atoms with E-state index in [-0.39, 0.29) is 5.91 Å². The Balaban J connectivity index is 2.16. The molecule has 70 valence electrons. The Morgan fingerprint density at radius 3 is 2.42 bits per heavy atom. The summed E-state index contributed by atoms with van der Waals surface area (Å²) < 4.78 is 0. The minimum absolute atomic E-state index is 0.151. The molecule has 0 aromatic rings. The van der Waals surface area contributed by atoms with Crippen LogP contribution in [-0.4, -0.2) is 37.5 Å². The number of hydrogen-bond donors (Lipinski definition) is 1. The van der Waals surface area contributed by atoms with Crippen molar-refractivity contribution in [3.63, 3.8) is 0 Å². The molecule has 1 amide bonds. The van der Waals surface area contributed by atoms with Crippen LogP contribution in [0.4, 0.5) is 0 Å². The van der Waals surface area contributed by atoms with Gasteiger partial charge in [0.2, 0.25) is 5.91 Å². The normalized spacial score (nSPS) is 25.2. The van der Waals surface area contributed by atoms with E-state index in [0.717, 1.165) is 0 Å². The maximum Gasteiger partial charge on any atom is 0.236 e. The lowest BCUT2D eigenvalue weighted by atomic mass is 10.2. The molecule has 1 atom stereocenters. The zero-order valence-electron chi connectivity index (χ0n) is 8.35. The van der Waals surface area contributed by atoms with E-state index >= 15 is 0 Å². The van der Waals surface area contributed by atoms with Crippen molar-refractivity contribution < 1.29 is 4.79 Å². The highest BCUT2D eigenvalue weighted by Crippen LogP contribution is 2.44. The van der Waals surface area contributed by atoms with E-state index in [1.807, 2.05) is 0 Å². The van der Waals surface area contributed by atoms with Crippen molar-refractivity contribution in [1.29, 1.82) is 0 Å². The standard InChI is InChI=1S/C9H18N2O/c1-9(2)5-7(9)10-6-8(12)11(3)4/h7,10H,5-6H2,1-4H3. The van der Waals surface area contributed by atoms with Crippen LogP contribution in [0.25, 0.3) is 0 Å². The fourth-order valence-corrected chi connectivity index (χ4v) is 1.18. The second-order valence-corrected chi connectivity index (χ2v) is 4.41. The Labute approximate surface area is 74.1 Å². The number of hydrogen-bond acceptors (Lipinski definition) is 2. The largest absolute Gasteiger partial charge is 0.348 e. The molecule has 1 aliphatic rings. The van der Waals surface area contributed by atoms with Gasteiger partial charge in [0.1, 0.15) is 0 Å². The first-order chi connectivity index (χ1) is 5.43. The molecule has 12 heavy (non-hydrogen) atoms. The molecule has 1 fully saturated rings. The van der Waals surface area contributed by atoms with E-state index in [1.165, 1.54) is 6.42 Å². The molecule has 0 radical (unpaired) electrons. The van der Waals surface area contributed by atoms with Crippen LogP contribution < -0.4 is 5.32 Å². The van der Waals surface area contributed by atoms with Crippen LogP contribution >= 0.6 is 0 Å². The van der Waals surface area contributed by atoms with Gasteiger partial charge >= 0.3 is 0 Å². The van der Waals surface area contributed by atoms with Crippen LogP contribution in [0.2, 0.25) is 0 Å². The van der Waals surface area contributed by atoms with Gasteiger partial charge in [-0.2, -0.15) is 0 Å². The molecule has 0 heterocycles. The maximum absolute atomic E-state index is 11.1. The highest BCUT2D eigenvalue weighted by molar-refractivity contribution is 5.77. The average molecular weight is 170 g/mol. The Kier molecular flexibility index (Phi) is 2.42. The van der Waals surface area contributed by atoms with Crippen LogP contribution in [-0.2, 0) is 4.79 Å². The second kappa shape index (κ2) is 3.05. The lowest BCUT2D eigenvalue weighted by Gasteiger charge is -2.11. The van der Waals surface area contributed by atoms with Crippen molar-refractivity contribution in [2.24, 2.45) is 5.41 Å². The lowest BCUT2D eigenvalue weighted by molar-refractivity contribution is -0.127. The first-order valence-corrected chi connectivity index (χ1v) is 4.37. The minimum atomic E-state index is 0.151. The summed E-state index contributed by atoms with van der Waals surface area (Å²) >= 11 is 0. The van der Waals surface area contributed by atoms with Crippen molar-refractivity contribution in [2.45, 2.75) is 26.3 Å². The maximum atomic E-state index is 11.1. The van der Waals surface area contributed by atoms with Crippen LogP contribution in [0.3, 0.4) is 0 Å². The second-order valence-electron chi connectivity index (χ2n) is 4.41. The van der Waals surface area contributed by atoms with Gasteiger partial charge in [0, 0.05) is 20.1 Å². The molecule has 1 aliphatic carbocycles. The molecule has 1 unspecified atom stereocenters. The SMILES string of the molecule is CN(C)C(=O)CNC1CC1(C)C. The molecule has 0 saturated heterocycles. The molecule has 0 bridgehead atoms. The first-order valence-electron chi connectivity index (χ1n) is 4.37. The lowest BCUT2D eigenvalue weighted by Crippen LogP contribution is -2.35. The van der Waals surface area contributed by atoms with Gasteiger partial charge in [0.15, 0.2) is 0 Å². The number of rotatable bonds is 3. The fraction of sp³-hybridized carbons (Fsp3) is 0.889. The highest BCUT2D eigenvalue weighted by atomic mass is 16.2. The summed E-state index contributed by atoms with van der Waals surface area (Å²) in [7, 11) is 3.56. The molecule has 3 heteroatoms. The van der Waals surface area contributed by atoms with Gasteiger partial charge in [0.25, 0.3) is 0 Å². The molecule has 3 nitrogen and oxygen atoms in total. The predicted molar refractivity (Wildman–Crippen MR) is 48.9 cm³/mol. The van der Waals surface area contributed by atoms with Gasteiger partial charge in [-0.05, 0) is 11.8 Å². The van der Waals surface area contributed by atoms with E-state index in [1.54, 1.807) is 19.0 Å². The van der Waals surface area contributed by atoms with Gasteiger partial charge in [0.05, 0.1) is 6.54 Å². The summed E-state index contributed by atoms with van der Waals surface area (Å²) in [6.07, 6.45) is 1.19. The van der Waals surface area contributed by atoms with Gasteiger partial charge < -0.3 is 10.2 Å². The molecule has 0 spiro atoms. The van der Waals surface area contributed by atoms with Crippen molar-refractivity contribution in [1.82, 2.24) is 10.2 Å². The number of nitrogens with zero attached hydrogens (tertiary/aromatic N) is 1. The summed E-state index contributed by atoms with van der Waals surface area (Å²) in [5.41, 5.74) is 0.409. The smallest absolute Gasteiger partial charge is 0.236 e. The van der Waals surface area contributed by atoms with Crippen LogP contribution in [0.1, 0.15) is 20.3 Å². The number of carbonyl (C=O) groups excluding carboxylic acids is 1. The van der Waals surface area contributed by atoms with Gasteiger partial charge in [-0.1, -0.05) is 13.8 Å². The first kappa shape index (κ1) is 9.52. The zero-order valence-corrected chi connectivity index (χ0v) is 8.35. The third kappa shape index (κ3) is 2.21. The van der Waals surface area contributed by atoms with Gasteiger partial charge in [-0.3, -0.25) is 4.79 Å². The van der Waals surface area contributed by atoms with Crippen LogP contribution in [0.15, 0.2) is 0 Å². The van der Waals surface area contributed by atoms with Gasteiger partial charge in [-0.15, -0.1) is 0 Å². The summed E-state index contributed by atoms with van der Waals surface area (Å²) in [5.74, 6) is 0.151. The minimum Gasteiger partial charge on any atom is -0.348 e. The molecular formula is C9H18N2O. The van der Waals surface area contributed by atoms with E-state index in [9.17, 15) is 4.79 Å². The molecule has 0 aliphatic heterocycles. The topological polar surface area (TPSA) is 32.3 Å². The monoisotopic (exact) mass is 170 g/mol. The van der Waals surface area contributed by atoms with Crippen molar-refractivity contribution in [2.75, 3.05) is 20.6 Å². The molecule has 1 rings (SSSR count). The Morgan fingerprint density at radius 1 is 1.58 bits per heavy atom. The van der Waals surface area contributed by atoms with E-state index in [4.69, 9.17) is 0 Å². The zero-order chi connectivity index (χ0) is 9.35. The average Bonchev–Trinajstić information content (AvgIpc) is 2.54. The Hall–Kier alpha value is -0.570. The summed E-state index contributed by atoms with van der Waals surface area (Å²) in [5, 5.41) is 3.24. The highest BCUT2D eigenvalue weighted by Gasteiger charge is 2.45. The Bertz CT molecular complexity index is 187. The van der Waals surface area contributed by atoms with Gasteiger partial charge in [-0.25, -0.2) is 0 Å². The van der Waals surface area contributed by atoms with E-state index in [0.29, 0.717) is 18.0 Å². The third-order valence-electron chi connectivity index (χ3n) is 2.51. The quantitative estimate of drug-likeness (QED) is 0.667. The molecular weight excluding hydrogens is 152 g/mol. The summed E-state index contributed by atoms with van der Waals surface area (Å²) in [6, 6.07) is 0.543. The molecule has 0 aromatic carbocycles. The van der Waals surface area contributed by atoms with E-state index in [2.05, 4.69) is 19.2 Å².